The summed E-state index contributed by atoms with van der Waals surface area (Å²) in [5, 5.41) is 3.12. The number of ether oxygens (including phenoxy) is 1. The van der Waals surface area contributed by atoms with E-state index in [1.165, 1.54) is 5.56 Å². The summed E-state index contributed by atoms with van der Waals surface area (Å²) < 4.78 is 5.85. The van der Waals surface area contributed by atoms with Crippen LogP contribution in [0.5, 0.6) is 5.75 Å². The number of rotatable bonds is 13. The molecule has 0 heterocycles. The highest BCUT2D eigenvalue weighted by Crippen LogP contribution is 2.18. The summed E-state index contributed by atoms with van der Waals surface area (Å²) in [5.41, 5.74) is 4.34. The van der Waals surface area contributed by atoms with E-state index in [9.17, 15) is 9.59 Å². The Hall–Kier alpha value is -3.60. The van der Waals surface area contributed by atoms with Gasteiger partial charge in [-0.3, -0.25) is 9.59 Å². The molecule has 0 unspecified atom stereocenters. The third-order valence-corrected chi connectivity index (χ3v) is 6.53. The van der Waals surface area contributed by atoms with Gasteiger partial charge < -0.3 is 15.0 Å². The molecule has 0 bridgehead atoms. The molecule has 0 aromatic heterocycles. The van der Waals surface area contributed by atoms with Crippen LogP contribution in [0.15, 0.2) is 78.9 Å². The summed E-state index contributed by atoms with van der Waals surface area (Å²) in [6.07, 6.45) is 2.16. The smallest absolute Gasteiger partial charge is 0.243 e. The molecule has 0 spiro atoms. The molecule has 0 saturated carbocycles. The number of carbonyl (C=O) groups excluding carboxylic acids is 2. The van der Waals surface area contributed by atoms with Crippen molar-refractivity contribution in [2.24, 2.45) is 0 Å². The van der Waals surface area contributed by atoms with Crippen LogP contribution in [-0.4, -0.2) is 35.4 Å². The van der Waals surface area contributed by atoms with Crippen molar-refractivity contribution >= 4 is 11.8 Å². The predicted molar refractivity (Wildman–Crippen MR) is 149 cm³/mol. The van der Waals surface area contributed by atoms with Crippen LogP contribution in [0.1, 0.15) is 55.4 Å². The van der Waals surface area contributed by atoms with E-state index in [4.69, 9.17) is 4.74 Å². The summed E-state index contributed by atoms with van der Waals surface area (Å²) in [5.74, 6) is 0.633. The molecule has 3 rings (SSSR count). The molecule has 3 aromatic carbocycles. The Balaban J connectivity index is 1.79. The number of aryl methyl sites for hydroxylation is 2. The van der Waals surface area contributed by atoms with Crippen molar-refractivity contribution in [3.8, 4) is 5.75 Å². The monoisotopic (exact) mass is 500 g/mol. The molecule has 1 N–H and O–H groups in total. The van der Waals surface area contributed by atoms with Crippen LogP contribution in [0, 0.1) is 13.8 Å². The second kappa shape index (κ2) is 14.2. The summed E-state index contributed by atoms with van der Waals surface area (Å²) in [4.78, 5) is 29.0. The van der Waals surface area contributed by atoms with Gasteiger partial charge in [-0.25, -0.2) is 0 Å². The Morgan fingerprint density at radius 3 is 2.27 bits per heavy atom. The van der Waals surface area contributed by atoms with Gasteiger partial charge in [-0.1, -0.05) is 84.8 Å². The number of carbonyl (C=O) groups is 2. The van der Waals surface area contributed by atoms with E-state index >= 15 is 0 Å². The number of hydrogen-bond donors (Lipinski definition) is 1. The highest BCUT2D eigenvalue weighted by atomic mass is 16.5. The molecule has 0 aliphatic heterocycles. The molecule has 0 aliphatic rings. The van der Waals surface area contributed by atoms with Crippen molar-refractivity contribution in [1.29, 1.82) is 0 Å². The highest BCUT2D eigenvalue weighted by Gasteiger charge is 2.30. The second-order valence-corrected chi connectivity index (χ2v) is 9.80. The van der Waals surface area contributed by atoms with Gasteiger partial charge in [0.05, 0.1) is 6.61 Å². The third-order valence-electron chi connectivity index (χ3n) is 6.53. The van der Waals surface area contributed by atoms with Crippen LogP contribution in [0.4, 0.5) is 0 Å². The lowest BCUT2D eigenvalue weighted by molar-refractivity contribution is -0.141. The average molecular weight is 501 g/mol. The predicted octanol–water partition coefficient (Wildman–Crippen LogP) is 6.02. The van der Waals surface area contributed by atoms with Crippen molar-refractivity contribution in [1.82, 2.24) is 10.2 Å². The first-order valence-corrected chi connectivity index (χ1v) is 13.2. The molecule has 0 radical (unpaired) electrons. The molecular weight excluding hydrogens is 460 g/mol. The number of hydrogen-bond acceptors (Lipinski definition) is 3. The number of nitrogens with zero attached hydrogens (tertiary/aromatic N) is 1. The van der Waals surface area contributed by atoms with E-state index in [1.807, 2.05) is 100 Å². The molecule has 5 nitrogen and oxygen atoms in total. The quantitative estimate of drug-likeness (QED) is 0.292. The first-order valence-electron chi connectivity index (χ1n) is 13.2. The molecule has 0 fully saturated rings. The lowest BCUT2D eigenvalue weighted by Crippen LogP contribution is -2.52. The number of nitrogens with one attached hydrogen (secondary N) is 1. The van der Waals surface area contributed by atoms with Gasteiger partial charge in [-0.2, -0.15) is 0 Å². The van der Waals surface area contributed by atoms with E-state index < -0.39 is 6.04 Å². The van der Waals surface area contributed by atoms with Crippen molar-refractivity contribution in [3.05, 3.63) is 101 Å². The van der Waals surface area contributed by atoms with Gasteiger partial charge >= 0.3 is 0 Å². The van der Waals surface area contributed by atoms with Crippen molar-refractivity contribution in [2.45, 2.75) is 72.0 Å². The SMILES string of the molecule is CC[C@@H](C)NC(=O)[C@@H](Cc1ccccc1)N(Cc1cccc(C)c1)C(=O)CCCOc1ccc(C)cc1. The molecule has 2 amide bonds. The van der Waals surface area contributed by atoms with Gasteiger partial charge in [0.1, 0.15) is 11.8 Å². The lowest BCUT2D eigenvalue weighted by Gasteiger charge is -2.32. The zero-order valence-corrected chi connectivity index (χ0v) is 22.6. The van der Waals surface area contributed by atoms with Gasteiger partial charge in [0.25, 0.3) is 0 Å². The van der Waals surface area contributed by atoms with Crippen molar-refractivity contribution in [2.75, 3.05) is 6.61 Å². The maximum absolute atomic E-state index is 13.7. The lowest BCUT2D eigenvalue weighted by atomic mass is 10.0. The maximum Gasteiger partial charge on any atom is 0.243 e. The molecule has 3 aromatic rings. The average Bonchev–Trinajstić information content (AvgIpc) is 2.90. The summed E-state index contributed by atoms with van der Waals surface area (Å²) in [6.45, 7) is 8.93. The molecule has 5 heteroatoms. The Labute approximate surface area is 221 Å². The Morgan fingerprint density at radius 1 is 0.892 bits per heavy atom. The topological polar surface area (TPSA) is 58.6 Å². The fraction of sp³-hybridized carbons (Fsp3) is 0.375. The first kappa shape index (κ1) is 28.0. The fourth-order valence-electron chi connectivity index (χ4n) is 4.19. The van der Waals surface area contributed by atoms with Crippen LogP contribution >= 0.6 is 0 Å². The maximum atomic E-state index is 13.7. The Kier molecular flexibility index (Phi) is 10.8. The van der Waals surface area contributed by atoms with Gasteiger partial charge in [-0.15, -0.1) is 0 Å². The number of amides is 2. The highest BCUT2D eigenvalue weighted by molar-refractivity contribution is 5.88. The van der Waals surface area contributed by atoms with Gasteiger partial charge in [0.2, 0.25) is 11.8 Å². The molecule has 2 atom stereocenters. The van der Waals surface area contributed by atoms with Crippen LogP contribution < -0.4 is 10.1 Å². The normalized spacial score (nSPS) is 12.4. The van der Waals surface area contributed by atoms with Crippen molar-refractivity contribution < 1.29 is 14.3 Å². The molecular formula is C32H40N2O3. The van der Waals surface area contributed by atoms with Crippen LogP contribution in [0.2, 0.25) is 0 Å². The van der Waals surface area contributed by atoms with Crippen LogP contribution in [0.25, 0.3) is 0 Å². The van der Waals surface area contributed by atoms with Gasteiger partial charge in [0.15, 0.2) is 0 Å². The zero-order chi connectivity index (χ0) is 26.6. The largest absolute Gasteiger partial charge is 0.494 e. The molecule has 196 valence electrons. The van der Waals surface area contributed by atoms with Crippen LogP contribution in [0.3, 0.4) is 0 Å². The summed E-state index contributed by atoms with van der Waals surface area (Å²) in [6, 6.07) is 25.4. The van der Waals surface area contributed by atoms with Gasteiger partial charge in [0, 0.05) is 25.4 Å². The molecule has 37 heavy (non-hydrogen) atoms. The first-order chi connectivity index (χ1) is 17.9. The van der Waals surface area contributed by atoms with Gasteiger partial charge in [-0.05, 0) is 56.9 Å². The van der Waals surface area contributed by atoms with Crippen molar-refractivity contribution in [3.63, 3.8) is 0 Å². The van der Waals surface area contributed by atoms with Crippen LogP contribution in [-0.2, 0) is 22.6 Å². The second-order valence-electron chi connectivity index (χ2n) is 9.80. The zero-order valence-electron chi connectivity index (χ0n) is 22.6. The Morgan fingerprint density at radius 2 is 1.59 bits per heavy atom. The van der Waals surface area contributed by atoms with E-state index in [0.29, 0.717) is 32.4 Å². The van der Waals surface area contributed by atoms with E-state index in [2.05, 4.69) is 11.4 Å². The minimum absolute atomic E-state index is 0.0320. The van der Waals surface area contributed by atoms with E-state index in [1.54, 1.807) is 4.90 Å². The minimum atomic E-state index is -0.609. The van der Waals surface area contributed by atoms with E-state index in [0.717, 1.165) is 28.9 Å². The Bertz CT molecular complexity index is 1130. The third kappa shape index (κ3) is 9.09. The summed E-state index contributed by atoms with van der Waals surface area (Å²) >= 11 is 0. The summed E-state index contributed by atoms with van der Waals surface area (Å²) in [7, 11) is 0. The molecule has 0 saturated heterocycles. The number of benzene rings is 3. The minimum Gasteiger partial charge on any atom is -0.494 e. The van der Waals surface area contributed by atoms with E-state index in [-0.39, 0.29) is 17.9 Å². The molecule has 0 aliphatic carbocycles. The fourth-order valence-corrected chi connectivity index (χ4v) is 4.19. The standard InChI is InChI=1S/C32H40N2O3/c1-5-26(4)33-32(36)30(22-27-12-7-6-8-13-27)34(23-28-14-9-11-25(3)21-28)31(35)15-10-20-37-29-18-16-24(2)17-19-29/h6-9,11-14,16-19,21,26,30H,5,10,15,20,22-23H2,1-4H3,(H,33,36)/t26-,30-/m1/s1.